The van der Waals surface area contributed by atoms with Gasteiger partial charge in [0, 0.05) is 24.9 Å². The molecule has 2 aliphatic heterocycles. The van der Waals surface area contributed by atoms with Gasteiger partial charge in [-0.05, 0) is 7.05 Å². The van der Waals surface area contributed by atoms with Gasteiger partial charge in [0.15, 0.2) is 0 Å². The Kier molecular flexibility index (Phi) is 2.51. The summed E-state index contributed by atoms with van der Waals surface area (Å²) in [5, 5.41) is 2.89. The molecule has 2 heterocycles. The van der Waals surface area contributed by atoms with Gasteiger partial charge in [-0.1, -0.05) is 0 Å². The van der Waals surface area contributed by atoms with Crippen LogP contribution in [0.5, 0.6) is 0 Å². The largest absolute Gasteiger partial charge is 0.381 e. The number of nitrogens with zero attached hydrogens (tertiary/aromatic N) is 1. The smallest absolute Gasteiger partial charge is 0.236 e. The Balaban J connectivity index is 1.87. The fourth-order valence-corrected chi connectivity index (χ4v) is 2.15. The van der Waals surface area contributed by atoms with E-state index in [0.717, 1.165) is 26.3 Å². The van der Waals surface area contributed by atoms with E-state index in [-0.39, 0.29) is 5.91 Å². The lowest BCUT2D eigenvalue weighted by molar-refractivity contribution is -0.129. The molecule has 0 bridgehead atoms. The third-order valence-electron chi connectivity index (χ3n) is 2.92. The number of rotatable bonds is 2. The molecule has 0 aromatic carbocycles. The van der Waals surface area contributed by atoms with E-state index in [4.69, 9.17) is 4.74 Å². The SMILES string of the molecule is CNCC(=O)N1C[C@H]2COC[C@@H]2C1. The molecule has 4 heteroatoms. The minimum Gasteiger partial charge on any atom is -0.381 e. The summed E-state index contributed by atoms with van der Waals surface area (Å²) < 4.78 is 5.35. The number of likely N-dealkylation sites (tertiary alicyclic amines) is 1. The number of nitrogens with one attached hydrogen (secondary N) is 1. The first-order valence-corrected chi connectivity index (χ1v) is 4.81. The molecule has 1 amide bonds. The number of carbonyl (C=O) groups is 1. The van der Waals surface area contributed by atoms with Gasteiger partial charge >= 0.3 is 0 Å². The van der Waals surface area contributed by atoms with Crippen molar-refractivity contribution in [1.82, 2.24) is 10.2 Å². The standard InChI is InChI=1S/C9H16N2O2/c1-10-2-9(12)11-3-7-5-13-6-8(7)4-11/h7-8,10H,2-6H2,1H3/t7-,8-/m0/s1. The van der Waals surface area contributed by atoms with Crippen LogP contribution in [0.4, 0.5) is 0 Å². The van der Waals surface area contributed by atoms with Crippen molar-refractivity contribution in [1.29, 1.82) is 0 Å². The van der Waals surface area contributed by atoms with Gasteiger partial charge in [0.05, 0.1) is 19.8 Å². The number of hydrogen-bond donors (Lipinski definition) is 1. The maximum atomic E-state index is 11.5. The Morgan fingerprint density at radius 2 is 2.08 bits per heavy atom. The number of hydrogen-bond acceptors (Lipinski definition) is 3. The van der Waals surface area contributed by atoms with Crippen molar-refractivity contribution < 1.29 is 9.53 Å². The fourth-order valence-electron chi connectivity index (χ4n) is 2.15. The van der Waals surface area contributed by atoms with Crippen LogP contribution in [0.3, 0.4) is 0 Å². The first-order chi connectivity index (χ1) is 6.31. The van der Waals surface area contributed by atoms with Crippen molar-refractivity contribution in [3.05, 3.63) is 0 Å². The second-order valence-electron chi connectivity index (χ2n) is 3.89. The van der Waals surface area contributed by atoms with E-state index in [0.29, 0.717) is 18.4 Å². The van der Waals surface area contributed by atoms with Crippen LogP contribution in [0.25, 0.3) is 0 Å². The summed E-state index contributed by atoms with van der Waals surface area (Å²) in [6.45, 7) is 3.93. The van der Waals surface area contributed by atoms with Crippen LogP contribution in [0, 0.1) is 11.8 Å². The molecule has 0 aromatic rings. The van der Waals surface area contributed by atoms with Crippen molar-refractivity contribution in [3.8, 4) is 0 Å². The molecular weight excluding hydrogens is 168 g/mol. The number of likely N-dealkylation sites (N-methyl/N-ethyl adjacent to an activating group) is 1. The van der Waals surface area contributed by atoms with Crippen LogP contribution < -0.4 is 5.32 Å². The summed E-state index contributed by atoms with van der Waals surface area (Å²) in [7, 11) is 1.80. The molecule has 4 nitrogen and oxygen atoms in total. The Hall–Kier alpha value is -0.610. The molecule has 0 aliphatic carbocycles. The van der Waals surface area contributed by atoms with E-state index >= 15 is 0 Å². The highest BCUT2D eigenvalue weighted by Crippen LogP contribution is 2.28. The lowest BCUT2D eigenvalue weighted by atomic mass is 10.0. The third-order valence-corrected chi connectivity index (χ3v) is 2.92. The molecule has 2 rings (SSSR count). The van der Waals surface area contributed by atoms with Gasteiger partial charge < -0.3 is 15.0 Å². The zero-order chi connectivity index (χ0) is 9.26. The van der Waals surface area contributed by atoms with Crippen LogP contribution in [-0.2, 0) is 9.53 Å². The monoisotopic (exact) mass is 184 g/mol. The molecule has 2 saturated heterocycles. The van der Waals surface area contributed by atoms with Crippen LogP contribution in [0.15, 0.2) is 0 Å². The maximum Gasteiger partial charge on any atom is 0.236 e. The topological polar surface area (TPSA) is 41.6 Å². The van der Waals surface area contributed by atoms with Crippen molar-refractivity contribution in [2.45, 2.75) is 0 Å². The van der Waals surface area contributed by atoms with E-state index < -0.39 is 0 Å². The van der Waals surface area contributed by atoms with Crippen LogP contribution in [0.1, 0.15) is 0 Å². The van der Waals surface area contributed by atoms with Gasteiger partial charge in [-0.25, -0.2) is 0 Å². The molecule has 74 valence electrons. The van der Waals surface area contributed by atoms with E-state index in [1.54, 1.807) is 7.05 Å². The predicted octanol–water partition coefficient (Wildman–Crippen LogP) is -0.689. The Bertz CT molecular complexity index is 196. The fraction of sp³-hybridized carbons (Fsp3) is 0.889. The zero-order valence-corrected chi connectivity index (χ0v) is 7.95. The average molecular weight is 184 g/mol. The van der Waals surface area contributed by atoms with Crippen LogP contribution in [-0.4, -0.2) is 50.7 Å². The van der Waals surface area contributed by atoms with Gasteiger partial charge in [-0.3, -0.25) is 4.79 Å². The summed E-state index contributed by atoms with van der Waals surface area (Å²) >= 11 is 0. The first kappa shape index (κ1) is 8.97. The Morgan fingerprint density at radius 3 is 2.62 bits per heavy atom. The lowest BCUT2D eigenvalue weighted by Gasteiger charge is -2.16. The van der Waals surface area contributed by atoms with Gasteiger partial charge in [0.2, 0.25) is 5.91 Å². The molecule has 0 aromatic heterocycles. The van der Waals surface area contributed by atoms with Gasteiger partial charge in [-0.15, -0.1) is 0 Å². The van der Waals surface area contributed by atoms with Gasteiger partial charge in [-0.2, -0.15) is 0 Å². The summed E-state index contributed by atoms with van der Waals surface area (Å²) in [6.07, 6.45) is 0. The second kappa shape index (κ2) is 3.64. The van der Waals surface area contributed by atoms with Crippen LogP contribution >= 0.6 is 0 Å². The lowest BCUT2D eigenvalue weighted by Crippen LogP contribution is -2.36. The number of carbonyl (C=O) groups excluding carboxylic acids is 1. The predicted molar refractivity (Wildman–Crippen MR) is 48.3 cm³/mol. The Labute approximate surface area is 78.2 Å². The quantitative estimate of drug-likeness (QED) is 0.617. The third kappa shape index (κ3) is 1.69. The number of fused-ring (bicyclic) bond motifs is 1. The minimum atomic E-state index is 0.219. The second-order valence-corrected chi connectivity index (χ2v) is 3.89. The van der Waals surface area contributed by atoms with E-state index in [2.05, 4.69) is 5.32 Å². The molecule has 2 fully saturated rings. The summed E-state index contributed by atoms with van der Waals surface area (Å²) in [6, 6.07) is 0. The molecule has 0 spiro atoms. The first-order valence-electron chi connectivity index (χ1n) is 4.81. The average Bonchev–Trinajstić information content (AvgIpc) is 2.61. The molecule has 2 aliphatic rings. The highest BCUT2D eigenvalue weighted by molar-refractivity contribution is 5.78. The molecule has 0 unspecified atom stereocenters. The molecular formula is C9H16N2O2. The van der Waals surface area contributed by atoms with Crippen molar-refractivity contribution in [2.75, 3.05) is 39.9 Å². The summed E-state index contributed by atoms with van der Waals surface area (Å²) in [5.74, 6) is 1.42. The van der Waals surface area contributed by atoms with Crippen LogP contribution in [0.2, 0.25) is 0 Å². The normalized spacial score (nSPS) is 32.2. The summed E-state index contributed by atoms with van der Waals surface area (Å²) in [4.78, 5) is 13.5. The zero-order valence-electron chi connectivity index (χ0n) is 7.95. The van der Waals surface area contributed by atoms with Gasteiger partial charge in [0.25, 0.3) is 0 Å². The van der Waals surface area contributed by atoms with E-state index in [1.165, 1.54) is 0 Å². The number of ether oxygens (including phenoxy) is 1. The van der Waals surface area contributed by atoms with Crippen molar-refractivity contribution in [3.63, 3.8) is 0 Å². The Morgan fingerprint density at radius 1 is 1.46 bits per heavy atom. The maximum absolute atomic E-state index is 11.5. The highest BCUT2D eigenvalue weighted by Gasteiger charge is 2.38. The molecule has 0 radical (unpaired) electrons. The minimum absolute atomic E-state index is 0.219. The molecule has 1 N–H and O–H groups in total. The molecule has 2 atom stereocenters. The molecule has 13 heavy (non-hydrogen) atoms. The number of amides is 1. The van der Waals surface area contributed by atoms with Gasteiger partial charge in [0.1, 0.15) is 0 Å². The van der Waals surface area contributed by atoms with E-state index in [9.17, 15) is 4.79 Å². The van der Waals surface area contributed by atoms with Crippen molar-refractivity contribution >= 4 is 5.91 Å². The van der Waals surface area contributed by atoms with Crippen molar-refractivity contribution in [2.24, 2.45) is 11.8 Å². The van der Waals surface area contributed by atoms with E-state index in [1.807, 2.05) is 4.90 Å². The summed E-state index contributed by atoms with van der Waals surface area (Å²) in [5.41, 5.74) is 0. The highest BCUT2D eigenvalue weighted by atomic mass is 16.5. The molecule has 0 saturated carbocycles.